The van der Waals surface area contributed by atoms with Crippen molar-refractivity contribution < 1.29 is 13.2 Å². The highest BCUT2D eigenvalue weighted by Gasteiger charge is 2.50. The Morgan fingerprint density at radius 3 is 2.61 bits per heavy atom. The minimum Gasteiger partial charge on any atom is -0.368 e. The molecule has 7 heteroatoms. The summed E-state index contributed by atoms with van der Waals surface area (Å²) in [5, 5.41) is 16.0. The van der Waals surface area contributed by atoms with Crippen LogP contribution in [-0.2, 0) is 0 Å². The molecule has 2 aromatic rings. The largest absolute Gasteiger partial charge is 0.368 e. The summed E-state index contributed by atoms with van der Waals surface area (Å²) in [5.74, 6) is -2.69. The van der Waals surface area contributed by atoms with Crippen LogP contribution in [0.3, 0.4) is 0 Å². The minimum absolute atomic E-state index is 0.0468. The van der Waals surface area contributed by atoms with Gasteiger partial charge in [-0.15, -0.1) is 0 Å². The molecule has 162 valence electrons. The van der Waals surface area contributed by atoms with Gasteiger partial charge >= 0.3 is 0 Å². The van der Waals surface area contributed by atoms with Crippen LogP contribution in [0.2, 0.25) is 0 Å². The lowest BCUT2D eigenvalue weighted by molar-refractivity contribution is 0.0536. The first-order valence-electron chi connectivity index (χ1n) is 10.4. The number of anilines is 2. The molecule has 2 fully saturated rings. The van der Waals surface area contributed by atoms with Crippen LogP contribution in [-0.4, -0.2) is 30.6 Å². The number of likely N-dealkylation sites (tertiary alicyclic amines) is 1. The topological polar surface area (TPSA) is 51.1 Å². The Kier molecular flexibility index (Phi) is 5.67. The van der Waals surface area contributed by atoms with E-state index in [-0.39, 0.29) is 17.4 Å². The van der Waals surface area contributed by atoms with Gasteiger partial charge in [-0.25, -0.2) is 13.2 Å². The Morgan fingerprint density at radius 2 is 1.97 bits per heavy atom. The van der Waals surface area contributed by atoms with Crippen molar-refractivity contribution in [1.82, 2.24) is 10.2 Å². The van der Waals surface area contributed by atoms with Gasteiger partial charge in [0.15, 0.2) is 11.6 Å². The highest BCUT2D eigenvalue weighted by molar-refractivity contribution is 5.78. The monoisotopic (exact) mass is 426 g/mol. The van der Waals surface area contributed by atoms with E-state index in [2.05, 4.69) is 23.3 Å². The first kappa shape index (κ1) is 21.3. The van der Waals surface area contributed by atoms with E-state index in [0.29, 0.717) is 24.4 Å². The summed E-state index contributed by atoms with van der Waals surface area (Å²) in [5.41, 5.74) is 0.872. The van der Waals surface area contributed by atoms with Crippen molar-refractivity contribution in [3.63, 3.8) is 0 Å². The fraction of sp³-hybridized carbons (Fsp3) is 0.375. The Morgan fingerprint density at radius 1 is 1.19 bits per heavy atom. The number of rotatable bonds is 5. The number of piperidine rings is 1. The van der Waals surface area contributed by atoms with Crippen molar-refractivity contribution >= 4 is 17.1 Å². The number of aryl methyl sites for hydroxylation is 1. The molecule has 0 aromatic heterocycles. The predicted octanol–water partition coefficient (Wildman–Crippen LogP) is 5.09. The lowest BCUT2D eigenvalue weighted by Crippen LogP contribution is -2.64. The maximum atomic E-state index is 14.7. The molecule has 0 aliphatic carbocycles. The molecule has 4 nitrogen and oxygen atoms in total. The van der Waals surface area contributed by atoms with Gasteiger partial charge in [0.25, 0.3) is 0 Å². The molecule has 0 bridgehead atoms. The Labute approximate surface area is 180 Å². The zero-order valence-corrected chi connectivity index (χ0v) is 17.4. The fourth-order valence-electron chi connectivity index (χ4n) is 4.46. The van der Waals surface area contributed by atoms with E-state index in [1.807, 2.05) is 4.90 Å². The van der Waals surface area contributed by atoms with Crippen LogP contribution in [0.5, 0.6) is 0 Å². The Hall–Kier alpha value is -2.98. The third-order valence-electron chi connectivity index (χ3n) is 6.32. The number of benzene rings is 2. The van der Waals surface area contributed by atoms with Crippen molar-refractivity contribution in [1.29, 1.82) is 5.26 Å². The van der Waals surface area contributed by atoms with Crippen molar-refractivity contribution in [2.75, 3.05) is 25.0 Å². The van der Waals surface area contributed by atoms with E-state index in [1.54, 1.807) is 13.0 Å². The van der Waals surface area contributed by atoms with Gasteiger partial charge in [-0.2, -0.15) is 5.26 Å². The van der Waals surface area contributed by atoms with Gasteiger partial charge in [0.1, 0.15) is 11.2 Å². The Bertz CT molecular complexity index is 1050. The van der Waals surface area contributed by atoms with Crippen LogP contribution in [0, 0.1) is 41.1 Å². The highest BCUT2D eigenvalue weighted by Crippen LogP contribution is 2.42. The molecule has 2 aromatic carbocycles. The molecule has 4 rings (SSSR count). The number of nitrogens with one attached hydrogen (secondary N) is 2. The van der Waals surface area contributed by atoms with Gasteiger partial charge in [0.2, 0.25) is 0 Å². The predicted molar refractivity (Wildman–Crippen MR) is 115 cm³/mol. The average molecular weight is 426 g/mol. The van der Waals surface area contributed by atoms with E-state index >= 15 is 0 Å². The molecule has 31 heavy (non-hydrogen) atoms. The quantitative estimate of drug-likeness (QED) is 0.699. The molecule has 0 saturated carbocycles. The van der Waals surface area contributed by atoms with Crippen LogP contribution in [0.15, 0.2) is 36.9 Å². The molecule has 0 amide bonds. The molecular formula is C24H25F3N4. The summed E-state index contributed by atoms with van der Waals surface area (Å²) in [7, 11) is 0. The maximum absolute atomic E-state index is 14.7. The molecular weight excluding hydrogens is 401 g/mol. The number of nitrogens with zero attached hydrogens (tertiary/aromatic N) is 2. The van der Waals surface area contributed by atoms with E-state index in [4.69, 9.17) is 0 Å². The normalized spacial score (nSPS) is 20.0. The first-order chi connectivity index (χ1) is 14.8. The van der Waals surface area contributed by atoms with Gasteiger partial charge in [0.05, 0.1) is 17.4 Å². The third kappa shape index (κ3) is 3.88. The smallest absolute Gasteiger partial charge is 0.182 e. The summed E-state index contributed by atoms with van der Waals surface area (Å²) in [6.45, 7) is 7.63. The van der Waals surface area contributed by atoms with Crippen molar-refractivity contribution in [2.24, 2.45) is 5.41 Å². The van der Waals surface area contributed by atoms with Gasteiger partial charge in [-0.3, -0.25) is 0 Å². The second-order valence-corrected chi connectivity index (χ2v) is 8.47. The molecule has 0 spiro atoms. The average Bonchev–Trinajstić information content (AvgIpc) is 2.73. The fourth-order valence-corrected chi connectivity index (χ4v) is 4.46. The van der Waals surface area contributed by atoms with E-state index < -0.39 is 22.9 Å². The second-order valence-electron chi connectivity index (χ2n) is 8.47. The lowest BCUT2D eigenvalue weighted by Gasteiger charge is -2.52. The van der Waals surface area contributed by atoms with Crippen LogP contribution in [0.1, 0.15) is 30.4 Å². The molecule has 2 heterocycles. The number of hydrogen-bond donors (Lipinski definition) is 2. The molecule has 1 unspecified atom stereocenters. The minimum atomic E-state index is -1.10. The summed E-state index contributed by atoms with van der Waals surface area (Å²) < 4.78 is 43.1. The molecule has 1 atom stereocenters. The third-order valence-corrected chi connectivity index (χ3v) is 6.32. The van der Waals surface area contributed by atoms with E-state index in [0.717, 1.165) is 37.4 Å². The number of halogens is 3. The van der Waals surface area contributed by atoms with Gasteiger partial charge in [-0.1, -0.05) is 19.1 Å². The second kappa shape index (κ2) is 8.27. The number of hydrogen-bond acceptors (Lipinski definition) is 4. The Balaban J connectivity index is 1.59. The van der Waals surface area contributed by atoms with Gasteiger partial charge in [0, 0.05) is 30.4 Å². The summed E-state index contributed by atoms with van der Waals surface area (Å²) in [6.07, 6.45) is 3.13. The van der Waals surface area contributed by atoms with Gasteiger partial charge in [-0.05, 0) is 56.1 Å². The standard InChI is InChI=1S/C24H25F3N4/c1-15-6-9-20(19(26)11-15)30-23-17(7-8-18(25)22(23)27)16(2)31-13-24(12-28,14-31)21-5-3-4-10-29-21/h6-9,11,21,29-30H,2-5,10,13-14H2,1H3. The van der Waals surface area contributed by atoms with Crippen LogP contribution in [0.25, 0.3) is 5.70 Å². The lowest BCUT2D eigenvalue weighted by atomic mass is 9.71. The molecule has 2 N–H and O–H groups in total. The van der Waals surface area contributed by atoms with Crippen molar-refractivity contribution in [3.05, 3.63) is 65.5 Å². The molecule has 0 radical (unpaired) electrons. The van der Waals surface area contributed by atoms with Crippen molar-refractivity contribution in [2.45, 2.75) is 32.2 Å². The molecule has 2 aliphatic heterocycles. The van der Waals surface area contributed by atoms with Crippen LogP contribution >= 0.6 is 0 Å². The zero-order chi connectivity index (χ0) is 22.2. The highest BCUT2D eigenvalue weighted by atomic mass is 19.2. The molecule has 2 saturated heterocycles. The zero-order valence-electron chi connectivity index (χ0n) is 17.4. The summed E-state index contributed by atoms with van der Waals surface area (Å²) in [6, 6.07) is 9.53. The first-order valence-corrected chi connectivity index (χ1v) is 10.4. The number of nitriles is 1. The SMILES string of the molecule is C=C(c1ccc(F)c(F)c1Nc1ccc(C)cc1F)N1CC(C#N)(C2CCCCN2)C1. The van der Waals surface area contributed by atoms with E-state index in [1.165, 1.54) is 18.2 Å². The maximum Gasteiger partial charge on any atom is 0.182 e. The van der Waals surface area contributed by atoms with Gasteiger partial charge < -0.3 is 15.5 Å². The summed E-state index contributed by atoms with van der Waals surface area (Å²) in [4.78, 5) is 1.89. The van der Waals surface area contributed by atoms with Crippen LogP contribution < -0.4 is 10.6 Å². The van der Waals surface area contributed by atoms with Crippen molar-refractivity contribution in [3.8, 4) is 6.07 Å². The summed E-state index contributed by atoms with van der Waals surface area (Å²) >= 11 is 0. The van der Waals surface area contributed by atoms with E-state index in [9.17, 15) is 18.4 Å². The molecule has 2 aliphatic rings. The van der Waals surface area contributed by atoms with Crippen LogP contribution in [0.4, 0.5) is 24.5 Å².